The van der Waals surface area contributed by atoms with Crippen LogP contribution in [-0.4, -0.2) is 44.0 Å². The van der Waals surface area contributed by atoms with E-state index < -0.39 is 10.0 Å². The van der Waals surface area contributed by atoms with E-state index in [1.165, 1.54) is 10.4 Å². The molecule has 1 aliphatic heterocycles. The Kier molecular flexibility index (Phi) is 8.95. The second kappa shape index (κ2) is 11.4. The molecular weight excluding hydrogens is 503 g/mol. The zero-order valence-corrected chi connectivity index (χ0v) is 20.3. The molecule has 31 heavy (non-hydrogen) atoms. The first-order chi connectivity index (χ1) is 14.8. The molecule has 5 nitrogen and oxygen atoms in total. The summed E-state index contributed by atoms with van der Waals surface area (Å²) >= 11 is 4.93. The average Bonchev–Trinajstić information content (AvgIpc) is 2.74. The summed E-state index contributed by atoms with van der Waals surface area (Å²) < 4.78 is 41.3. The monoisotopic (exact) mass is 528 g/mol. The zero-order valence-electron chi connectivity index (χ0n) is 17.1. The Morgan fingerprint density at radius 1 is 1.16 bits per heavy atom. The van der Waals surface area contributed by atoms with E-state index >= 15 is 0 Å². The lowest BCUT2D eigenvalue weighted by atomic mass is 9.97. The fourth-order valence-electron chi connectivity index (χ4n) is 3.51. The van der Waals surface area contributed by atoms with Gasteiger partial charge in [0.05, 0.1) is 5.75 Å². The number of hydrogen-bond donors (Lipinski definition) is 1. The van der Waals surface area contributed by atoms with Gasteiger partial charge < -0.3 is 5.32 Å². The zero-order chi connectivity index (χ0) is 22.3. The van der Waals surface area contributed by atoms with Crippen LogP contribution in [0.5, 0.6) is 0 Å². The van der Waals surface area contributed by atoms with Gasteiger partial charge in [0.25, 0.3) is 0 Å². The SMILES string of the molecule is O=C(NCCSCc1ccccc1F)C1CCN(S(=O)(=O)Cc2cccc(Br)c2)CC1. The van der Waals surface area contributed by atoms with E-state index in [0.717, 1.165) is 10.0 Å². The van der Waals surface area contributed by atoms with Crippen molar-refractivity contribution in [3.8, 4) is 0 Å². The second-order valence-electron chi connectivity index (χ2n) is 7.49. The Bertz CT molecular complexity index is 996. The Morgan fingerprint density at radius 3 is 2.61 bits per heavy atom. The van der Waals surface area contributed by atoms with Crippen LogP contribution in [0.25, 0.3) is 0 Å². The van der Waals surface area contributed by atoms with Crippen LogP contribution in [0.3, 0.4) is 0 Å². The molecule has 0 radical (unpaired) electrons. The lowest BCUT2D eigenvalue weighted by Crippen LogP contribution is -2.43. The van der Waals surface area contributed by atoms with Gasteiger partial charge in [0, 0.05) is 41.5 Å². The van der Waals surface area contributed by atoms with Gasteiger partial charge in [-0.05, 0) is 42.2 Å². The van der Waals surface area contributed by atoms with Crippen molar-refractivity contribution >= 4 is 43.6 Å². The van der Waals surface area contributed by atoms with Crippen molar-refractivity contribution in [2.24, 2.45) is 5.92 Å². The van der Waals surface area contributed by atoms with Gasteiger partial charge in [-0.25, -0.2) is 17.1 Å². The Hall–Kier alpha value is -1.42. The molecule has 1 aliphatic rings. The number of rotatable bonds is 9. The number of nitrogens with one attached hydrogen (secondary N) is 1. The third-order valence-corrected chi connectivity index (χ3v) is 8.57. The number of carbonyl (C=O) groups is 1. The summed E-state index contributed by atoms with van der Waals surface area (Å²) in [6.45, 7) is 1.23. The van der Waals surface area contributed by atoms with Gasteiger partial charge in [-0.2, -0.15) is 11.8 Å². The Labute approximate surface area is 196 Å². The Balaban J connectivity index is 1.37. The van der Waals surface area contributed by atoms with Gasteiger partial charge in [0.2, 0.25) is 15.9 Å². The topological polar surface area (TPSA) is 66.5 Å². The van der Waals surface area contributed by atoms with E-state index in [1.807, 2.05) is 24.3 Å². The lowest BCUT2D eigenvalue weighted by molar-refractivity contribution is -0.125. The molecule has 1 N–H and O–H groups in total. The van der Waals surface area contributed by atoms with Crippen LogP contribution >= 0.6 is 27.7 Å². The first-order valence-electron chi connectivity index (χ1n) is 10.2. The first kappa shape index (κ1) is 24.2. The van der Waals surface area contributed by atoms with Gasteiger partial charge in [0.1, 0.15) is 5.82 Å². The molecule has 0 spiro atoms. The van der Waals surface area contributed by atoms with Crippen molar-refractivity contribution in [2.75, 3.05) is 25.4 Å². The lowest BCUT2D eigenvalue weighted by Gasteiger charge is -2.30. The predicted molar refractivity (Wildman–Crippen MR) is 127 cm³/mol. The summed E-state index contributed by atoms with van der Waals surface area (Å²) in [5, 5.41) is 2.93. The van der Waals surface area contributed by atoms with E-state index in [9.17, 15) is 17.6 Å². The van der Waals surface area contributed by atoms with E-state index in [1.54, 1.807) is 30.0 Å². The quantitative estimate of drug-likeness (QED) is 0.495. The number of sulfonamides is 1. The smallest absolute Gasteiger partial charge is 0.223 e. The fourth-order valence-corrected chi connectivity index (χ4v) is 6.36. The van der Waals surface area contributed by atoms with Crippen molar-refractivity contribution in [3.63, 3.8) is 0 Å². The van der Waals surface area contributed by atoms with Gasteiger partial charge in [0.15, 0.2) is 0 Å². The molecule has 0 atom stereocenters. The molecule has 3 rings (SSSR count). The maximum absolute atomic E-state index is 13.6. The largest absolute Gasteiger partial charge is 0.355 e. The van der Waals surface area contributed by atoms with Crippen molar-refractivity contribution in [1.29, 1.82) is 0 Å². The van der Waals surface area contributed by atoms with Crippen LogP contribution in [0.4, 0.5) is 4.39 Å². The molecule has 1 heterocycles. The second-order valence-corrected chi connectivity index (χ2v) is 11.5. The molecule has 0 unspecified atom stereocenters. The van der Waals surface area contributed by atoms with Gasteiger partial charge in [-0.15, -0.1) is 0 Å². The molecule has 168 valence electrons. The molecule has 1 saturated heterocycles. The summed E-state index contributed by atoms with van der Waals surface area (Å²) in [6.07, 6.45) is 1.04. The molecule has 0 aromatic heterocycles. The molecule has 0 bridgehead atoms. The number of piperidine rings is 1. The average molecular weight is 529 g/mol. The van der Waals surface area contributed by atoms with Crippen molar-refractivity contribution in [2.45, 2.75) is 24.3 Å². The normalized spacial score (nSPS) is 15.7. The molecule has 1 fully saturated rings. The van der Waals surface area contributed by atoms with E-state index in [0.29, 0.717) is 49.5 Å². The minimum absolute atomic E-state index is 0.0319. The molecule has 0 saturated carbocycles. The summed E-state index contributed by atoms with van der Waals surface area (Å²) in [5.41, 5.74) is 1.40. The summed E-state index contributed by atoms with van der Waals surface area (Å²) in [7, 11) is -3.41. The number of nitrogens with zero attached hydrogens (tertiary/aromatic N) is 1. The molecule has 2 aromatic carbocycles. The van der Waals surface area contributed by atoms with Crippen molar-refractivity contribution < 1.29 is 17.6 Å². The Morgan fingerprint density at radius 2 is 1.90 bits per heavy atom. The minimum atomic E-state index is -3.41. The van der Waals surface area contributed by atoms with Gasteiger partial charge >= 0.3 is 0 Å². The highest BCUT2D eigenvalue weighted by Crippen LogP contribution is 2.23. The maximum atomic E-state index is 13.6. The highest BCUT2D eigenvalue weighted by molar-refractivity contribution is 9.10. The molecular formula is C22H26BrFN2O3S2. The van der Waals surface area contributed by atoms with Crippen LogP contribution in [0, 0.1) is 11.7 Å². The van der Waals surface area contributed by atoms with Crippen LogP contribution in [0.1, 0.15) is 24.0 Å². The predicted octanol–water partition coefficient (Wildman–Crippen LogP) is 4.18. The molecule has 9 heteroatoms. The summed E-state index contributed by atoms with van der Waals surface area (Å²) in [4.78, 5) is 12.4. The first-order valence-corrected chi connectivity index (χ1v) is 13.7. The van der Waals surface area contributed by atoms with Crippen LogP contribution in [0.2, 0.25) is 0 Å². The highest BCUT2D eigenvalue weighted by Gasteiger charge is 2.31. The number of hydrogen-bond acceptors (Lipinski definition) is 4. The van der Waals surface area contributed by atoms with Crippen LogP contribution < -0.4 is 5.32 Å². The van der Waals surface area contributed by atoms with Crippen molar-refractivity contribution in [1.82, 2.24) is 9.62 Å². The molecule has 0 aliphatic carbocycles. The molecule has 1 amide bonds. The van der Waals surface area contributed by atoms with E-state index in [2.05, 4.69) is 21.2 Å². The number of halogens is 2. The van der Waals surface area contributed by atoms with Crippen molar-refractivity contribution in [3.05, 3.63) is 69.9 Å². The van der Waals surface area contributed by atoms with E-state index in [4.69, 9.17) is 0 Å². The van der Waals surface area contributed by atoms with Gasteiger partial charge in [-0.3, -0.25) is 4.79 Å². The number of benzene rings is 2. The van der Waals surface area contributed by atoms with Crippen LogP contribution in [-0.2, 0) is 26.3 Å². The summed E-state index contributed by atoms with van der Waals surface area (Å²) in [5.74, 6) is 0.809. The fraction of sp³-hybridized carbons (Fsp3) is 0.409. The maximum Gasteiger partial charge on any atom is 0.223 e. The van der Waals surface area contributed by atoms with E-state index in [-0.39, 0.29) is 23.4 Å². The number of thioether (sulfide) groups is 1. The third-order valence-electron chi connectivity index (χ3n) is 5.22. The summed E-state index contributed by atoms with van der Waals surface area (Å²) in [6, 6.07) is 14.0. The third kappa shape index (κ3) is 7.30. The van der Waals surface area contributed by atoms with Gasteiger partial charge in [-0.1, -0.05) is 46.3 Å². The highest BCUT2D eigenvalue weighted by atomic mass is 79.9. The molecule has 2 aromatic rings. The minimum Gasteiger partial charge on any atom is -0.355 e. The van der Waals surface area contributed by atoms with Crippen LogP contribution in [0.15, 0.2) is 53.0 Å². The number of amides is 1. The number of carbonyl (C=O) groups excluding carboxylic acids is 1. The standard InChI is InChI=1S/C22H26BrFN2O3S2/c23-20-6-3-4-17(14-20)16-31(28,29)26-11-8-18(9-12-26)22(27)25-10-13-30-15-19-5-1-2-7-21(19)24/h1-7,14,18H,8-13,15-16H2,(H,25,27).